The fraction of sp³-hybridized carbons (Fsp3) is 0.333. The lowest BCUT2D eigenvalue weighted by molar-refractivity contribution is -0.00556. The molecule has 0 bridgehead atoms. The molecule has 0 unspecified atom stereocenters. The van der Waals surface area contributed by atoms with Gasteiger partial charge in [0.1, 0.15) is 0 Å². The average molecular weight is 1030 g/mol. The average Bonchev–Trinajstić information content (AvgIpc) is 3.87. The van der Waals surface area contributed by atoms with Crippen molar-refractivity contribution in [3.8, 4) is 45.7 Å². The highest BCUT2D eigenvalue weighted by atomic mass is 79.9. The zero-order valence-corrected chi connectivity index (χ0v) is 42.2. The molecule has 2 fully saturated rings. The van der Waals surface area contributed by atoms with E-state index in [0.29, 0.717) is 49.3 Å². The van der Waals surface area contributed by atoms with E-state index in [2.05, 4.69) is 45.1 Å². The number of nitrogens with one attached hydrogen (secondary N) is 1. The van der Waals surface area contributed by atoms with Gasteiger partial charge in [-0.2, -0.15) is 10.2 Å². The van der Waals surface area contributed by atoms with E-state index in [1.165, 1.54) is 12.8 Å². The number of hydrogen-bond donors (Lipinski definition) is 1. The number of piperidine rings is 2. The number of aromatic nitrogens is 4. The van der Waals surface area contributed by atoms with E-state index in [0.717, 1.165) is 108 Å². The highest BCUT2D eigenvalue weighted by Crippen LogP contribution is 2.36. The third kappa shape index (κ3) is 11.5. The normalized spacial score (nSPS) is 14.2. The number of benzene rings is 4. The topological polar surface area (TPSA) is 91.5 Å². The second-order valence-corrected chi connectivity index (χ2v) is 18.9. The van der Waals surface area contributed by atoms with Crippen molar-refractivity contribution in [1.82, 2.24) is 40.0 Å². The number of unbranched alkanes of at least 4 members (excludes halogenated alkanes) is 1. The molecular weight excluding hydrogens is 978 g/mol. The molecule has 2 amide bonds. The summed E-state index contributed by atoms with van der Waals surface area (Å²) in [6.45, 7) is 9.54. The maximum absolute atomic E-state index is 13.6. The van der Waals surface area contributed by atoms with E-state index in [1.54, 1.807) is 38.6 Å². The Hall–Kier alpha value is -4.64. The minimum atomic E-state index is -0.216. The molecule has 344 valence electrons. The molecule has 66 heavy (non-hydrogen) atoms. The molecule has 8 rings (SSSR count). The largest absolute Gasteiger partial charge is 0.288 e. The molecule has 2 saturated heterocycles. The van der Waals surface area contributed by atoms with Gasteiger partial charge in [0.15, 0.2) is 11.4 Å². The zero-order chi connectivity index (χ0) is 46.9. The minimum absolute atomic E-state index is 0.106. The minimum Gasteiger partial charge on any atom is -0.283 e. The Kier molecular flexibility index (Phi) is 17.1. The Morgan fingerprint density at radius 1 is 0.712 bits per heavy atom. The maximum Gasteiger partial charge on any atom is 0.288 e. The SMILES string of the molecule is CCCC#Cc1ccc(-c2c(C)c(C(=O)NN3CCCCC3)nn2-c2ccc(Cl)cc2Cl)cc1.CCc1c(C(=O)N(C)N2CCCCC2)nn(-c2ccc(Cl)cc2Cl)c1-c1ccc(Br)cc1. The van der Waals surface area contributed by atoms with Gasteiger partial charge in [-0.05, 0) is 106 Å². The quantitative estimate of drug-likeness (QED) is 0.137. The van der Waals surface area contributed by atoms with Crippen LogP contribution in [0.5, 0.6) is 0 Å². The summed E-state index contributed by atoms with van der Waals surface area (Å²) in [5.41, 5.74) is 11.4. The molecule has 10 nitrogen and oxygen atoms in total. The molecular formula is C51H53BrCl4N8O2. The van der Waals surface area contributed by atoms with Crippen molar-refractivity contribution in [3.05, 3.63) is 138 Å². The van der Waals surface area contributed by atoms with E-state index < -0.39 is 0 Å². The van der Waals surface area contributed by atoms with Gasteiger partial charge in [-0.1, -0.05) is 125 Å². The molecule has 2 aromatic heterocycles. The van der Waals surface area contributed by atoms with Crippen LogP contribution in [0.2, 0.25) is 20.1 Å². The lowest BCUT2D eigenvalue weighted by Gasteiger charge is -2.34. The molecule has 0 spiro atoms. The van der Waals surface area contributed by atoms with Crippen molar-refractivity contribution in [2.45, 2.75) is 78.6 Å². The van der Waals surface area contributed by atoms with Crippen molar-refractivity contribution in [1.29, 1.82) is 0 Å². The third-order valence-corrected chi connectivity index (χ3v) is 13.3. The summed E-state index contributed by atoms with van der Waals surface area (Å²) in [6.07, 6.45) is 9.31. The van der Waals surface area contributed by atoms with Gasteiger partial charge in [-0.15, -0.1) is 0 Å². The van der Waals surface area contributed by atoms with Gasteiger partial charge in [-0.3, -0.25) is 20.0 Å². The van der Waals surface area contributed by atoms with Gasteiger partial charge in [0.25, 0.3) is 11.8 Å². The Morgan fingerprint density at radius 3 is 1.80 bits per heavy atom. The van der Waals surface area contributed by atoms with Gasteiger partial charge in [-0.25, -0.2) is 19.4 Å². The van der Waals surface area contributed by atoms with Crippen LogP contribution in [-0.2, 0) is 6.42 Å². The number of halogens is 5. The van der Waals surface area contributed by atoms with Crippen LogP contribution in [0, 0.1) is 18.8 Å². The van der Waals surface area contributed by atoms with Gasteiger partial charge in [0, 0.05) is 82.0 Å². The summed E-state index contributed by atoms with van der Waals surface area (Å²) < 4.78 is 4.49. The number of carbonyl (C=O) groups is 2. The zero-order valence-electron chi connectivity index (χ0n) is 37.6. The fourth-order valence-corrected chi connectivity index (χ4v) is 9.47. The predicted molar refractivity (Wildman–Crippen MR) is 272 cm³/mol. The van der Waals surface area contributed by atoms with Crippen molar-refractivity contribution in [2.24, 2.45) is 0 Å². The fourth-order valence-electron chi connectivity index (χ4n) is 8.23. The van der Waals surface area contributed by atoms with E-state index >= 15 is 0 Å². The monoisotopic (exact) mass is 1030 g/mol. The first-order valence-electron chi connectivity index (χ1n) is 22.4. The summed E-state index contributed by atoms with van der Waals surface area (Å²) in [6, 6.07) is 26.6. The summed E-state index contributed by atoms with van der Waals surface area (Å²) >= 11 is 28.9. The number of nitrogens with zero attached hydrogens (tertiary/aromatic N) is 7. The number of hydrazine groups is 2. The first kappa shape index (κ1) is 49.3. The highest BCUT2D eigenvalue weighted by Gasteiger charge is 2.30. The lowest BCUT2D eigenvalue weighted by Crippen LogP contribution is -2.46. The van der Waals surface area contributed by atoms with Gasteiger partial charge in [0.05, 0.1) is 32.8 Å². The third-order valence-electron chi connectivity index (χ3n) is 11.7. The van der Waals surface area contributed by atoms with Crippen LogP contribution >= 0.6 is 62.3 Å². The number of rotatable bonds is 10. The van der Waals surface area contributed by atoms with Gasteiger partial charge in [0.2, 0.25) is 0 Å². The molecule has 4 aromatic carbocycles. The summed E-state index contributed by atoms with van der Waals surface area (Å²) in [5.74, 6) is 6.04. The molecule has 0 aliphatic carbocycles. The Morgan fingerprint density at radius 2 is 1.24 bits per heavy atom. The predicted octanol–water partition coefficient (Wildman–Crippen LogP) is 13.1. The molecule has 0 atom stereocenters. The van der Waals surface area contributed by atoms with E-state index in [9.17, 15) is 9.59 Å². The first-order valence-corrected chi connectivity index (χ1v) is 24.7. The molecule has 0 radical (unpaired) electrons. The Labute approximate surface area is 416 Å². The number of carbonyl (C=O) groups excluding carboxylic acids is 2. The lowest BCUT2D eigenvalue weighted by atomic mass is 10.0. The summed E-state index contributed by atoms with van der Waals surface area (Å²) in [5, 5.41) is 17.4. The Bertz CT molecular complexity index is 2730. The van der Waals surface area contributed by atoms with Crippen molar-refractivity contribution in [2.75, 3.05) is 33.2 Å². The van der Waals surface area contributed by atoms with Crippen LogP contribution in [0.15, 0.2) is 89.4 Å². The number of amides is 2. The second kappa shape index (κ2) is 22.9. The standard InChI is InChI=1S/C27H28Cl2N4O.C24H25BrCl2N4O/c1-3-4-6-9-20-10-12-21(13-11-20)26-19(2)25(27(34)31-32-16-7-5-8-17-32)30-33(26)24-15-14-22(28)18-23(24)29;1-3-19-22(24(32)29(2)30-13-5-4-6-14-30)28-31(21-12-11-18(26)15-20(21)27)23(19)16-7-9-17(25)10-8-16/h10-15,18H,3-5,7-8,16-17H2,1-2H3,(H,31,34);7-12,15H,3-6,13-14H2,1-2H3. The van der Waals surface area contributed by atoms with Crippen LogP contribution in [0.3, 0.4) is 0 Å². The van der Waals surface area contributed by atoms with Crippen LogP contribution in [0.1, 0.15) is 103 Å². The van der Waals surface area contributed by atoms with E-state index in [1.807, 2.05) is 86.6 Å². The van der Waals surface area contributed by atoms with Crippen molar-refractivity contribution >= 4 is 74.1 Å². The van der Waals surface area contributed by atoms with E-state index in [-0.39, 0.29) is 11.8 Å². The molecule has 6 aromatic rings. The Balaban J connectivity index is 0.000000197. The van der Waals surface area contributed by atoms with Crippen LogP contribution in [0.4, 0.5) is 0 Å². The second-order valence-electron chi connectivity index (χ2n) is 16.3. The molecule has 4 heterocycles. The first-order chi connectivity index (χ1) is 31.9. The van der Waals surface area contributed by atoms with Crippen LogP contribution in [-0.4, -0.2) is 79.6 Å². The summed E-state index contributed by atoms with van der Waals surface area (Å²) in [7, 11) is 1.83. The van der Waals surface area contributed by atoms with Crippen LogP contribution in [0.25, 0.3) is 33.9 Å². The van der Waals surface area contributed by atoms with Crippen molar-refractivity contribution in [3.63, 3.8) is 0 Å². The molecule has 0 saturated carbocycles. The smallest absolute Gasteiger partial charge is 0.283 e. The van der Waals surface area contributed by atoms with Crippen LogP contribution < -0.4 is 5.43 Å². The molecule has 2 aliphatic rings. The molecule has 15 heteroatoms. The molecule has 2 aliphatic heterocycles. The van der Waals surface area contributed by atoms with Gasteiger partial charge < -0.3 is 0 Å². The van der Waals surface area contributed by atoms with Crippen molar-refractivity contribution < 1.29 is 9.59 Å². The van der Waals surface area contributed by atoms with E-state index in [4.69, 9.17) is 56.6 Å². The maximum atomic E-state index is 13.6. The highest BCUT2D eigenvalue weighted by molar-refractivity contribution is 9.10. The summed E-state index contributed by atoms with van der Waals surface area (Å²) in [4.78, 5) is 26.8. The number of hydrogen-bond acceptors (Lipinski definition) is 6. The van der Waals surface area contributed by atoms with Gasteiger partial charge >= 0.3 is 0 Å². The molecule has 1 N–H and O–H groups in total.